The number of rotatable bonds is 2. The third-order valence-electron chi connectivity index (χ3n) is 4.22. The van der Waals surface area contributed by atoms with E-state index in [-0.39, 0.29) is 0 Å². The Morgan fingerprint density at radius 1 is 1.20 bits per heavy atom. The van der Waals surface area contributed by atoms with Crippen LogP contribution in [-0.2, 0) is 4.74 Å². The lowest BCUT2D eigenvalue weighted by Gasteiger charge is -2.39. The molecule has 0 amide bonds. The number of ether oxygens (including phenoxy) is 1. The Labute approximate surface area is 92.2 Å². The Morgan fingerprint density at radius 3 is 3.07 bits per heavy atom. The van der Waals surface area contributed by atoms with Crippen molar-refractivity contribution in [2.24, 2.45) is 0 Å². The highest BCUT2D eigenvalue weighted by atomic mass is 16.5. The van der Waals surface area contributed by atoms with Gasteiger partial charge in [0.25, 0.3) is 0 Å². The molecule has 0 aromatic rings. The van der Waals surface area contributed by atoms with Gasteiger partial charge in [-0.25, -0.2) is 0 Å². The number of nitrogens with one attached hydrogen (secondary N) is 1. The molecule has 3 heteroatoms. The Balaban J connectivity index is 1.59. The van der Waals surface area contributed by atoms with Crippen molar-refractivity contribution in [1.82, 2.24) is 10.2 Å². The molecule has 0 bridgehead atoms. The second-order valence-corrected chi connectivity index (χ2v) is 5.19. The second-order valence-electron chi connectivity index (χ2n) is 5.19. The van der Waals surface area contributed by atoms with Crippen molar-refractivity contribution in [2.45, 2.75) is 50.3 Å². The highest BCUT2D eigenvalue weighted by Gasteiger charge is 2.35. The molecule has 3 nitrogen and oxygen atoms in total. The largest absolute Gasteiger partial charge is 0.377 e. The molecule has 86 valence electrons. The topological polar surface area (TPSA) is 24.5 Å². The van der Waals surface area contributed by atoms with E-state index in [1.165, 1.54) is 51.7 Å². The van der Waals surface area contributed by atoms with E-state index in [0.29, 0.717) is 6.10 Å². The van der Waals surface area contributed by atoms with Crippen molar-refractivity contribution in [3.05, 3.63) is 0 Å². The highest BCUT2D eigenvalue weighted by Crippen LogP contribution is 2.27. The highest BCUT2D eigenvalue weighted by molar-refractivity contribution is 4.94. The molecule has 0 aromatic carbocycles. The van der Waals surface area contributed by atoms with Crippen molar-refractivity contribution in [2.75, 3.05) is 26.2 Å². The van der Waals surface area contributed by atoms with E-state index in [1.54, 1.807) is 0 Å². The van der Waals surface area contributed by atoms with Gasteiger partial charge in [-0.3, -0.25) is 4.90 Å². The van der Waals surface area contributed by atoms with E-state index in [0.717, 1.165) is 18.7 Å². The minimum absolute atomic E-state index is 0.532. The van der Waals surface area contributed by atoms with E-state index in [1.807, 2.05) is 0 Å². The van der Waals surface area contributed by atoms with Crippen LogP contribution in [0.5, 0.6) is 0 Å². The van der Waals surface area contributed by atoms with Crippen LogP contribution in [0.4, 0.5) is 0 Å². The average Bonchev–Trinajstić information content (AvgIpc) is 2.87. The summed E-state index contributed by atoms with van der Waals surface area (Å²) in [6.07, 6.45) is 7.26. The van der Waals surface area contributed by atoms with Gasteiger partial charge in [0.15, 0.2) is 0 Å². The minimum Gasteiger partial charge on any atom is -0.377 e. The van der Waals surface area contributed by atoms with Gasteiger partial charge in [0.2, 0.25) is 0 Å². The summed E-state index contributed by atoms with van der Waals surface area (Å²) in [6.45, 7) is 4.57. The Hall–Kier alpha value is -0.120. The lowest BCUT2D eigenvalue weighted by molar-refractivity contribution is 0.0420. The summed E-state index contributed by atoms with van der Waals surface area (Å²) < 4.78 is 5.74. The standard InChI is InChI=1S/C12H22N2O/c1-4-11-12(5-1)14(7-6-13-11)9-10-3-2-8-15-10/h10-13H,1-9H2. The van der Waals surface area contributed by atoms with E-state index >= 15 is 0 Å². The second kappa shape index (κ2) is 4.40. The van der Waals surface area contributed by atoms with Gasteiger partial charge in [0.1, 0.15) is 0 Å². The van der Waals surface area contributed by atoms with Gasteiger partial charge in [-0.2, -0.15) is 0 Å². The molecule has 2 aliphatic heterocycles. The zero-order chi connectivity index (χ0) is 10.1. The molecule has 3 fully saturated rings. The van der Waals surface area contributed by atoms with Crippen LogP contribution in [0, 0.1) is 0 Å². The number of piperazine rings is 1. The molecular formula is C12H22N2O. The number of hydrogen-bond acceptors (Lipinski definition) is 3. The SMILES string of the molecule is C1COC(CN2CCNC3CCCC32)C1. The molecule has 1 aliphatic carbocycles. The van der Waals surface area contributed by atoms with Crippen molar-refractivity contribution in [3.8, 4) is 0 Å². The smallest absolute Gasteiger partial charge is 0.0702 e. The van der Waals surface area contributed by atoms with Gasteiger partial charge < -0.3 is 10.1 Å². The molecule has 1 N–H and O–H groups in total. The quantitative estimate of drug-likeness (QED) is 0.735. The molecule has 0 radical (unpaired) electrons. The molecule has 2 saturated heterocycles. The van der Waals surface area contributed by atoms with E-state index < -0.39 is 0 Å². The van der Waals surface area contributed by atoms with Crippen molar-refractivity contribution in [3.63, 3.8) is 0 Å². The zero-order valence-corrected chi connectivity index (χ0v) is 9.45. The third-order valence-corrected chi connectivity index (χ3v) is 4.22. The molecule has 0 spiro atoms. The molecule has 3 unspecified atom stereocenters. The van der Waals surface area contributed by atoms with Gasteiger partial charge in [-0.15, -0.1) is 0 Å². The van der Waals surface area contributed by atoms with E-state index in [2.05, 4.69) is 10.2 Å². The Morgan fingerprint density at radius 2 is 2.20 bits per heavy atom. The van der Waals surface area contributed by atoms with Crippen LogP contribution < -0.4 is 5.32 Å². The van der Waals surface area contributed by atoms with E-state index in [4.69, 9.17) is 4.74 Å². The summed E-state index contributed by atoms with van der Waals surface area (Å²) in [5, 5.41) is 3.65. The van der Waals surface area contributed by atoms with Gasteiger partial charge >= 0.3 is 0 Å². The van der Waals surface area contributed by atoms with Crippen LogP contribution in [0.25, 0.3) is 0 Å². The summed E-state index contributed by atoms with van der Waals surface area (Å²) in [5.41, 5.74) is 0. The summed E-state index contributed by atoms with van der Waals surface area (Å²) in [6, 6.07) is 1.59. The Bertz CT molecular complexity index is 216. The first kappa shape index (κ1) is 10.1. The lowest BCUT2D eigenvalue weighted by atomic mass is 10.1. The van der Waals surface area contributed by atoms with Crippen LogP contribution in [0.3, 0.4) is 0 Å². The number of nitrogens with zero attached hydrogens (tertiary/aromatic N) is 1. The summed E-state index contributed by atoms with van der Waals surface area (Å²) in [4.78, 5) is 2.68. The van der Waals surface area contributed by atoms with Gasteiger partial charge in [0.05, 0.1) is 6.10 Å². The Kier molecular flexibility index (Phi) is 2.95. The third kappa shape index (κ3) is 2.05. The maximum Gasteiger partial charge on any atom is 0.0702 e. The van der Waals surface area contributed by atoms with Crippen LogP contribution in [0.15, 0.2) is 0 Å². The average molecular weight is 210 g/mol. The van der Waals surface area contributed by atoms with Crippen LogP contribution in [0.1, 0.15) is 32.1 Å². The van der Waals surface area contributed by atoms with Crippen LogP contribution in [-0.4, -0.2) is 49.3 Å². The monoisotopic (exact) mass is 210 g/mol. The zero-order valence-electron chi connectivity index (χ0n) is 9.45. The lowest BCUT2D eigenvalue weighted by Crippen LogP contribution is -2.56. The molecule has 3 rings (SSSR count). The van der Waals surface area contributed by atoms with Crippen molar-refractivity contribution in [1.29, 1.82) is 0 Å². The predicted molar refractivity (Wildman–Crippen MR) is 60.0 cm³/mol. The van der Waals surface area contributed by atoms with Crippen molar-refractivity contribution < 1.29 is 4.74 Å². The number of hydrogen-bond donors (Lipinski definition) is 1. The molecular weight excluding hydrogens is 188 g/mol. The normalized spacial score (nSPS) is 42.0. The molecule has 2 heterocycles. The maximum atomic E-state index is 5.74. The van der Waals surface area contributed by atoms with Crippen LogP contribution in [0.2, 0.25) is 0 Å². The van der Waals surface area contributed by atoms with Crippen LogP contribution >= 0.6 is 0 Å². The first-order chi connectivity index (χ1) is 7.43. The molecule has 1 saturated carbocycles. The summed E-state index contributed by atoms with van der Waals surface area (Å²) in [5.74, 6) is 0. The van der Waals surface area contributed by atoms with Gasteiger partial charge in [-0.05, 0) is 25.7 Å². The number of fused-ring (bicyclic) bond motifs is 1. The van der Waals surface area contributed by atoms with Gasteiger partial charge in [0, 0.05) is 38.3 Å². The molecule has 15 heavy (non-hydrogen) atoms. The fraction of sp³-hybridized carbons (Fsp3) is 1.00. The maximum absolute atomic E-state index is 5.74. The first-order valence-electron chi connectivity index (χ1n) is 6.52. The van der Waals surface area contributed by atoms with E-state index in [9.17, 15) is 0 Å². The summed E-state index contributed by atoms with van der Waals surface area (Å²) >= 11 is 0. The fourth-order valence-corrected chi connectivity index (χ4v) is 3.45. The first-order valence-corrected chi connectivity index (χ1v) is 6.52. The molecule has 3 aliphatic rings. The fourth-order valence-electron chi connectivity index (χ4n) is 3.45. The predicted octanol–water partition coefficient (Wildman–Crippen LogP) is 0.992. The van der Waals surface area contributed by atoms with Gasteiger partial charge in [-0.1, -0.05) is 6.42 Å². The van der Waals surface area contributed by atoms with Crippen molar-refractivity contribution >= 4 is 0 Å². The summed E-state index contributed by atoms with van der Waals surface area (Å²) in [7, 11) is 0. The minimum atomic E-state index is 0.532. The molecule has 0 aromatic heterocycles. The molecule has 3 atom stereocenters.